The van der Waals surface area contributed by atoms with Crippen LogP contribution in [0.5, 0.6) is 11.5 Å². The SMILES string of the molecule is CCNC(=NCc1noc(C)n1)NCC(C)Oc1cccc(OC)c1. The summed E-state index contributed by atoms with van der Waals surface area (Å²) in [6.45, 7) is 7.43. The highest BCUT2D eigenvalue weighted by Gasteiger charge is 2.07. The number of rotatable bonds is 8. The fraction of sp³-hybridized carbons (Fsp3) is 0.471. The molecular formula is C17H25N5O3. The van der Waals surface area contributed by atoms with E-state index >= 15 is 0 Å². The standard InChI is InChI=1S/C17H25N5O3/c1-5-18-17(20-11-16-21-13(3)25-22-16)19-10-12(2)24-15-8-6-7-14(9-15)23-4/h6-9,12H,5,10-11H2,1-4H3,(H2,18,19,20). The minimum atomic E-state index is -0.0524. The molecule has 1 aromatic heterocycles. The lowest BCUT2D eigenvalue weighted by Crippen LogP contribution is -2.41. The molecule has 1 atom stereocenters. The van der Waals surface area contributed by atoms with Crippen molar-refractivity contribution in [1.29, 1.82) is 0 Å². The summed E-state index contributed by atoms with van der Waals surface area (Å²) in [6.07, 6.45) is -0.0524. The van der Waals surface area contributed by atoms with E-state index in [0.29, 0.717) is 30.8 Å². The van der Waals surface area contributed by atoms with Crippen LogP contribution >= 0.6 is 0 Å². The molecule has 0 radical (unpaired) electrons. The molecule has 0 aliphatic heterocycles. The summed E-state index contributed by atoms with van der Waals surface area (Å²) in [5.74, 6) is 3.28. The van der Waals surface area contributed by atoms with Gasteiger partial charge in [0.2, 0.25) is 5.89 Å². The molecule has 8 heteroatoms. The van der Waals surface area contributed by atoms with Crippen LogP contribution < -0.4 is 20.1 Å². The molecule has 2 aromatic rings. The minimum absolute atomic E-state index is 0.0524. The van der Waals surface area contributed by atoms with Crippen LogP contribution in [0, 0.1) is 6.92 Å². The monoisotopic (exact) mass is 347 g/mol. The van der Waals surface area contributed by atoms with E-state index in [4.69, 9.17) is 14.0 Å². The number of nitrogens with one attached hydrogen (secondary N) is 2. The van der Waals surface area contributed by atoms with Crippen LogP contribution in [-0.2, 0) is 6.54 Å². The summed E-state index contributed by atoms with van der Waals surface area (Å²) < 4.78 is 16.0. The maximum absolute atomic E-state index is 5.89. The lowest BCUT2D eigenvalue weighted by molar-refractivity contribution is 0.223. The maximum Gasteiger partial charge on any atom is 0.223 e. The van der Waals surface area contributed by atoms with E-state index in [1.807, 2.05) is 38.1 Å². The van der Waals surface area contributed by atoms with Gasteiger partial charge in [0.1, 0.15) is 24.1 Å². The van der Waals surface area contributed by atoms with E-state index in [9.17, 15) is 0 Å². The van der Waals surface area contributed by atoms with E-state index in [1.165, 1.54) is 0 Å². The number of methoxy groups -OCH3 is 1. The number of aryl methyl sites for hydroxylation is 1. The Morgan fingerprint density at radius 1 is 1.32 bits per heavy atom. The fourth-order valence-corrected chi connectivity index (χ4v) is 2.09. The van der Waals surface area contributed by atoms with Crippen LogP contribution in [0.15, 0.2) is 33.8 Å². The van der Waals surface area contributed by atoms with Gasteiger partial charge in [0, 0.05) is 19.5 Å². The highest BCUT2D eigenvalue weighted by molar-refractivity contribution is 5.79. The molecular weight excluding hydrogens is 322 g/mol. The third kappa shape index (κ3) is 6.33. The first kappa shape index (κ1) is 18.6. The van der Waals surface area contributed by atoms with Crippen LogP contribution in [-0.4, -0.2) is 42.4 Å². The molecule has 0 bridgehead atoms. The number of aliphatic imine (C=N–C) groups is 1. The molecule has 2 N–H and O–H groups in total. The number of guanidine groups is 1. The summed E-state index contributed by atoms with van der Waals surface area (Å²) >= 11 is 0. The van der Waals surface area contributed by atoms with Gasteiger partial charge in [0.25, 0.3) is 0 Å². The van der Waals surface area contributed by atoms with Gasteiger partial charge in [-0.1, -0.05) is 11.2 Å². The molecule has 1 heterocycles. The van der Waals surface area contributed by atoms with Crippen LogP contribution in [0.1, 0.15) is 25.6 Å². The van der Waals surface area contributed by atoms with Gasteiger partial charge in [-0.2, -0.15) is 4.98 Å². The molecule has 1 unspecified atom stereocenters. The Kier molecular flexibility index (Phi) is 7.06. The first-order valence-electron chi connectivity index (χ1n) is 8.22. The molecule has 0 aliphatic rings. The minimum Gasteiger partial charge on any atom is -0.497 e. The summed E-state index contributed by atoms with van der Waals surface area (Å²) in [6, 6.07) is 7.53. The smallest absolute Gasteiger partial charge is 0.223 e. The molecule has 1 aromatic carbocycles. The Morgan fingerprint density at radius 3 is 2.80 bits per heavy atom. The zero-order valence-corrected chi connectivity index (χ0v) is 15.1. The average molecular weight is 347 g/mol. The van der Waals surface area contributed by atoms with Crippen molar-refractivity contribution in [2.24, 2.45) is 4.99 Å². The number of hydrogen-bond acceptors (Lipinski definition) is 6. The summed E-state index contributed by atoms with van der Waals surface area (Å²) in [7, 11) is 1.63. The zero-order chi connectivity index (χ0) is 18.1. The Labute approximate surface area is 147 Å². The topological polar surface area (TPSA) is 93.8 Å². The van der Waals surface area contributed by atoms with Crippen molar-refractivity contribution in [2.45, 2.75) is 33.4 Å². The Bertz CT molecular complexity index is 686. The van der Waals surface area contributed by atoms with Crippen molar-refractivity contribution in [3.05, 3.63) is 36.0 Å². The number of ether oxygens (including phenoxy) is 2. The van der Waals surface area contributed by atoms with Crippen LogP contribution in [0.3, 0.4) is 0 Å². The summed E-state index contributed by atoms with van der Waals surface area (Å²) in [4.78, 5) is 8.57. The predicted molar refractivity (Wildman–Crippen MR) is 94.9 cm³/mol. The second-order valence-corrected chi connectivity index (χ2v) is 5.41. The molecule has 8 nitrogen and oxygen atoms in total. The van der Waals surface area contributed by atoms with Gasteiger partial charge in [-0.3, -0.25) is 0 Å². The number of benzene rings is 1. The first-order valence-corrected chi connectivity index (χ1v) is 8.22. The van der Waals surface area contributed by atoms with Crippen molar-refractivity contribution in [1.82, 2.24) is 20.8 Å². The predicted octanol–water partition coefficient (Wildman–Crippen LogP) is 1.91. The van der Waals surface area contributed by atoms with E-state index < -0.39 is 0 Å². The summed E-state index contributed by atoms with van der Waals surface area (Å²) in [5.41, 5.74) is 0. The third-order valence-electron chi connectivity index (χ3n) is 3.23. The maximum atomic E-state index is 5.89. The Morgan fingerprint density at radius 2 is 2.12 bits per heavy atom. The quantitative estimate of drug-likeness (QED) is 0.556. The van der Waals surface area contributed by atoms with E-state index in [1.54, 1.807) is 14.0 Å². The number of aromatic nitrogens is 2. The molecule has 0 saturated carbocycles. The fourth-order valence-electron chi connectivity index (χ4n) is 2.09. The Hall–Kier alpha value is -2.77. The average Bonchev–Trinajstić information content (AvgIpc) is 3.03. The van der Waals surface area contributed by atoms with Gasteiger partial charge in [-0.05, 0) is 26.0 Å². The molecule has 0 aliphatic carbocycles. The molecule has 25 heavy (non-hydrogen) atoms. The van der Waals surface area contributed by atoms with E-state index in [-0.39, 0.29) is 6.10 Å². The lowest BCUT2D eigenvalue weighted by Gasteiger charge is -2.18. The largest absolute Gasteiger partial charge is 0.497 e. The van der Waals surface area contributed by atoms with E-state index in [0.717, 1.165) is 18.0 Å². The first-order chi connectivity index (χ1) is 12.1. The second kappa shape index (κ2) is 9.51. The van der Waals surface area contributed by atoms with Crippen molar-refractivity contribution in [3.63, 3.8) is 0 Å². The van der Waals surface area contributed by atoms with Gasteiger partial charge in [-0.15, -0.1) is 0 Å². The van der Waals surface area contributed by atoms with Crippen LogP contribution in [0.2, 0.25) is 0 Å². The zero-order valence-electron chi connectivity index (χ0n) is 15.1. The molecule has 0 spiro atoms. The van der Waals surface area contributed by atoms with Gasteiger partial charge >= 0.3 is 0 Å². The van der Waals surface area contributed by atoms with Crippen LogP contribution in [0.25, 0.3) is 0 Å². The molecule has 2 rings (SSSR count). The molecule has 0 saturated heterocycles. The molecule has 136 valence electrons. The van der Waals surface area contributed by atoms with Crippen LogP contribution in [0.4, 0.5) is 0 Å². The van der Waals surface area contributed by atoms with E-state index in [2.05, 4.69) is 25.8 Å². The third-order valence-corrected chi connectivity index (χ3v) is 3.23. The van der Waals surface area contributed by atoms with Gasteiger partial charge in [0.15, 0.2) is 11.8 Å². The second-order valence-electron chi connectivity index (χ2n) is 5.41. The van der Waals surface area contributed by atoms with Crippen molar-refractivity contribution in [3.8, 4) is 11.5 Å². The van der Waals surface area contributed by atoms with Gasteiger partial charge < -0.3 is 24.6 Å². The lowest BCUT2D eigenvalue weighted by atomic mass is 10.3. The summed E-state index contributed by atoms with van der Waals surface area (Å²) in [5, 5.41) is 10.2. The Balaban J connectivity index is 1.86. The number of hydrogen-bond donors (Lipinski definition) is 2. The highest BCUT2D eigenvalue weighted by atomic mass is 16.5. The highest BCUT2D eigenvalue weighted by Crippen LogP contribution is 2.19. The van der Waals surface area contributed by atoms with Crippen molar-refractivity contribution >= 4 is 5.96 Å². The normalized spacial score (nSPS) is 12.6. The molecule has 0 amide bonds. The van der Waals surface area contributed by atoms with Crippen molar-refractivity contribution < 1.29 is 14.0 Å². The van der Waals surface area contributed by atoms with Gasteiger partial charge in [-0.25, -0.2) is 4.99 Å². The molecule has 0 fully saturated rings. The number of nitrogens with zero attached hydrogens (tertiary/aromatic N) is 3. The van der Waals surface area contributed by atoms with Crippen molar-refractivity contribution in [2.75, 3.05) is 20.2 Å². The van der Waals surface area contributed by atoms with Gasteiger partial charge in [0.05, 0.1) is 13.7 Å².